The summed E-state index contributed by atoms with van der Waals surface area (Å²) < 4.78 is 26.7. The zero-order valence-corrected chi connectivity index (χ0v) is 11.8. The highest BCUT2D eigenvalue weighted by Gasteiger charge is 2.06. The molecule has 1 aromatic rings. The number of benzene rings is 1. The molecule has 0 radical (unpaired) electrons. The van der Waals surface area contributed by atoms with Gasteiger partial charge < -0.3 is 21.0 Å². The third-order valence-electron chi connectivity index (χ3n) is 2.40. The number of hydrogen-bond acceptors (Lipinski definition) is 6. The Balaban J connectivity index is 2.48. The van der Waals surface area contributed by atoms with Crippen molar-refractivity contribution >= 4 is 10.1 Å². The molecule has 0 fully saturated rings. The smallest absolute Gasteiger partial charge is 0.306 e. The van der Waals surface area contributed by atoms with Crippen molar-refractivity contribution in [3.8, 4) is 5.75 Å². The molecule has 0 bridgehead atoms. The number of rotatable bonds is 8. The van der Waals surface area contributed by atoms with Crippen LogP contribution in [0.3, 0.4) is 0 Å². The minimum absolute atomic E-state index is 0.00627. The second-order valence-electron chi connectivity index (χ2n) is 4.39. The van der Waals surface area contributed by atoms with Gasteiger partial charge in [-0.3, -0.25) is 0 Å². The van der Waals surface area contributed by atoms with Gasteiger partial charge in [0.1, 0.15) is 5.75 Å². The molecule has 0 spiro atoms. The Kier molecular flexibility index (Phi) is 6.23. The Hall–Kier alpha value is -1.15. The zero-order valence-electron chi connectivity index (χ0n) is 11.0. The molecular weight excluding hydrogens is 266 g/mol. The second kappa shape index (κ2) is 7.44. The molecule has 0 saturated heterocycles. The van der Waals surface area contributed by atoms with Gasteiger partial charge in [-0.2, -0.15) is 8.42 Å². The standard InChI is InChI=1S/C12H21N3O3S/c1-19(16,17)18-12-4-2-10(3-5-12)8-11(14)9-15-7-6-13/h2-5,11,15H,6-9,13-14H2,1H3. The van der Waals surface area contributed by atoms with Crippen LogP contribution in [0.15, 0.2) is 24.3 Å². The summed E-state index contributed by atoms with van der Waals surface area (Å²) in [6.07, 6.45) is 1.72. The molecule has 0 amide bonds. The molecule has 0 aliphatic rings. The average Bonchev–Trinajstić information content (AvgIpc) is 2.30. The highest BCUT2D eigenvalue weighted by atomic mass is 32.2. The summed E-state index contributed by atoms with van der Waals surface area (Å²) >= 11 is 0. The molecule has 1 atom stereocenters. The highest BCUT2D eigenvalue weighted by molar-refractivity contribution is 7.86. The van der Waals surface area contributed by atoms with Crippen molar-refractivity contribution in [2.45, 2.75) is 12.5 Å². The van der Waals surface area contributed by atoms with E-state index in [0.717, 1.165) is 18.4 Å². The molecule has 0 saturated carbocycles. The largest absolute Gasteiger partial charge is 0.383 e. The Morgan fingerprint density at radius 3 is 2.47 bits per heavy atom. The minimum Gasteiger partial charge on any atom is -0.383 e. The van der Waals surface area contributed by atoms with Gasteiger partial charge in [0.15, 0.2) is 0 Å². The van der Waals surface area contributed by atoms with Crippen molar-refractivity contribution < 1.29 is 12.6 Å². The van der Waals surface area contributed by atoms with Gasteiger partial charge in [0, 0.05) is 25.7 Å². The number of nitrogens with one attached hydrogen (secondary N) is 1. The first-order valence-corrected chi connectivity index (χ1v) is 7.87. The first-order chi connectivity index (χ1) is 8.90. The number of hydrogen-bond donors (Lipinski definition) is 3. The van der Waals surface area contributed by atoms with Crippen LogP contribution < -0.4 is 21.0 Å². The maximum atomic E-state index is 10.9. The van der Waals surface area contributed by atoms with E-state index in [1.165, 1.54) is 0 Å². The molecule has 0 aliphatic heterocycles. The fourth-order valence-electron chi connectivity index (χ4n) is 1.62. The summed E-state index contributed by atoms with van der Waals surface area (Å²) in [5.41, 5.74) is 12.4. The summed E-state index contributed by atoms with van der Waals surface area (Å²) in [5, 5.41) is 3.14. The van der Waals surface area contributed by atoms with Crippen LogP contribution in [0.5, 0.6) is 5.75 Å². The lowest BCUT2D eigenvalue weighted by Gasteiger charge is -2.12. The van der Waals surface area contributed by atoms with E-state index in [1.807, 2.05) is 12.1 Å². The second-order valence-corrected chi connectivity index (χ2v) is 5.96. The van der Waals surface area contributed by atoms with Crippen molar-refractivity contribution in [1.29, 1.82) is 0 Å². The van der Waals surface area contributed by atoms with Gasteiger partial charge in [0.25, 0.3) is 0 Å². The lowest BCUT2D eigenvalue weighted by atomic mass is 10.1. The SMILES string of the molecule is CS(=O)(=O)Oc1ccc(CC(N)CNCCN)cc1. The average molecular weight is 287 g/mol. The Morgan fingerprint density at radius 1 is 1.32 bits per heavy atom. The molecule has 1 unspecified atom stereocenters. The van der Waals surface area contributed by atoms with Gasteiger partial charge >= 0.3 is 10.1 Å². The molecular formula is C12H21N3O3S. The fourth-order valence-corrected chi connectivity index (χ4v) is 2.08. The van der Waals surface area contributed by atoms with Crippen LogP contribution in [0.25, 0.3) is 0 Å². The van der Waals surface area contributed by atoms with E-state index in [9.17, 15) is 8.42 Å². The van der Waals surface area contributed by atoms with E-state index in [0.29, 0.717) is 25.3 Å². The van der Waals surface area contributed by atoms with Gasteiger partial charge in [0.2, 0.25) is 0 Å². The third-order valence-corrected chi connectivity index (χ3v) is 2.89. The zero-order chi connectivity index (χ0) is 14.3. The van der Waals surface area contributed by atoms with Crippen LogP contribution in [0, 0.1) is 0 Å². The molecule has 0 aliphatic carbocycles. The highest BCUT2D eigenvalue weighted by Crippen LogP contribution is 2.14. The summed E-state index contributed by atoms with van der Waals surface area (Å²) in [4.78, 5) is 0. The molecule has 1 rings (SSSR count). The first kappa shape index (κ1) is 15.9. The van der Waals surface area contributed by atoms with E-state index in [1.54, 1.807) is 12.1 Å². The molecule has 19 heavy (non-hydrogen) atoms. The van der Waals surface area contributed by atoms with E-state index >= 15 is 0 Å². The third kappa shape index (κ3) is 7.12. The van der Waals surface area contributed by atoms with Gasteiger partial charge in [-0.05, 0) is 24.1 Å². The normalized spacial score (nSPS) is 13.2. The molecule has 0 aromatic heterocycles. The predicted molar refractivity (Wildman–Crippen MR) is 75.5 cm³/mol. The van der Waals surface area contributed by atoms with Gasteiger partial charge in [0.05, 0.1) is 6.26 Å². The maximum absolute atomic E-state index is 10.9. The van der Waals surface area contributed by atoms with E-state index < -0.39 is 10.1 Å². The quantitative estimate of drug-likeness (QED) is 0.437. The van der Waals surface area contributed by atoms with Crippen molar-refractivity contribution in [2.24, 2.45) is 11.5 Å². The lowest BCUT2D eigenvalue weighted by Crippen LogP contribution is -2.37. The van der Waals surface area contributed by atoms with Crippen molar-refractivity contribution in [3.05, 3.63) is 29.8 Å². The van der Waals surface area contributed by atoms with Crippen molar-refractivity contribution in [2.75, 3.05) is 25.9 Å². The van der Waals surface area contributed by atoms with E-state index in [-0.39, 0.29) is 6.04 Å². The Bertz CT molecular complexity index is 473. The van der Waals surface area contributed by atoms with Gasteiger partial charge in [-0.15, -0.1) is 0 Å². The summed E-state index contributed by atoms with van der Waals surface area (Å²) in [6.45, 7) is 2.03. The molecule has 7 heteroatoms. The molecule has 5 N–H and O–H groups in total. The maximum Gasteiger partial charge on any atom is 0.306 e. The van der Waals surface area contributed by atoms with Gasteiger partial charge in [-0.1, -0.05) is 12.1 Å². The first-order valence-electron chi connectivity index (χ1n) is 6.05. The lowest BCUT2D eigenvalue weighted by molar-refractivity contribution is 0.492. The van der Waals surface area contributed by atoms with Crippen LogP contribution in [0.2, 0.25) is 0 Å². The minimum atomic E-state index is -3.47. The fraction of sp³-hybridized carbons (Fsp3) is 0.500. The van der Waals surface area contributed by atoms with Crippen LogP contribution in [0.1, 0.15) is 5.56 Å². The van der Waals surface area contributed by atoms with Crippen LogP contribution in [-0.2, 0) is 16.5 Å². The number of nitrogens with two attached hydrogens (primary N) is 2. The monoisotopic (exact) mass is 287 g/mol. The molecule has 1 aromatic carbocycles. The molecule has 0 heterocycles. The molecule has 6 nitrogen and oxygen atoms in total. The Labute approximate surface area is 114 Å². The van der Waals surface area contributed by atoms with E-state index in [4.69, 9.17) is 15.7 Å². The summed E-state index contributed by atoms with van der Waals surface area (Å²) in [7, 11) is -3.47. The van der Waals surface area contributed by atoms with E-state index in [2.05, 4.69) is 5.32 Å². The topological polar surface area (TPSA) is 107 Å². The van der Waals surface area contributed by atoms with Gasteiger partial charge in [-0.25, -0.2) is 0 Å². The van der Waals surface area contributed by atoms with Crippen LogP contribution >= 0.6 is 0 Å². The predicted octanol–water partition coefficient (Wildman–Crippen LogP) is -0.557. The summed E-state index contributed by atoms with van der Waals surface area (Å²) in [6, 6.07) is 6.85. The van der Waals surface area contributed by atoms with Crippen LogP contribution in [-0.4, -0.2) is 40.3 Å². The van der Waals surface area contributed by atoms with Crippen LogP contribution in [0.4, 0.5) is 0 Å². The van der Waals surface area contributed by atoms with Crippen molar-refractivity contribution in [1.82, 2.24) is 5.32 Å². The summed E-state index contributed by atoms with van der Waals surface area (Å²) in [5.74, 6) is 0.307. The Morgan fingerprint density at radius 2 is 1.95 bits per heavy atom. The van der Waals surface area contributed by atoms with Crippen molar-refractivity contribution in [3.63, 3.8) is 0 Å². The molecule has 108 valence electrons.